The van der Waals surface area contributed by atoms with Crippen LogP contribution in [-0.2, 0) is 9.59 Å². The summed E-state index contributed by atoms with van der Waals surface area (Å²) in [5.41, 5.74) is 0. The molecule has 2 atom stereocenters. The van der Waals surface area contributed by atoms with E-state index < -0.39 is 0 Å². The van der Waals surface area contributed by atoms with Gasteiger partial charge in [0.2, 0.25) is 0 Å². The van der Waals surface area contributed by atoms with Crippen LogP contribution in [0.1, 0.15) is 13.8 Å². The minimum Gasteiger partial charge on any atom is -0.295 e. The summed E-state index contributed by atoms with van der Waals surface area (Å²) in [6.07, 6.45) is 2.50. The number of hydrogen-bond donors (Lipinski definition) is 0. The summed E-state index contributed by atoms with van der Waals surface area (Å²) < 4.78 is 0. The first-order valence-electron chi connectivity index (χ1n) is 3.87. The Morgan fingerprint density at radius 2 is 1.25 bits per heavy atom. The van der Waals surface area contributed by atoms with E-state index in [1.54, 1.807) is 13.8 Å². The van der Waals surface area contributed by atoms with Crippen molar-refractivity contribution >= 4 is 11.6 Å². The number of carbonyl (C=O) groups is 2. The third-order valence-electron chi connectivity index (χ3n) is 2.05. The lowest BCUT2D eigenvalue weighted by molar-refractivity contribution is -0.126. The van der Waals surface area contributed by atoms with Crippen LogP contribution in [0.4, 0.5) is 0 Å². The standard InChI is InChI=1S/C10H14O2/c1-5-9(11)7(3)8(4)10(12)6-2/h5-8H,1-2H2,3-4H3. The highest BCUT2D eigenvalue weighted by atomic mass is 16.1. The smallest absolute Gasteiger partial charge is 0.158 e. The van der Waals surface area contributed by atoms with E-state index >= 15 is 0 Å². The van der Waals surface area contributed by atoms with E-state index in [2.05, 4.69) is 13.2 Å². The molecule has 0 aliphatic rings. The highest BCUT2D eigenvalue weighted by Gasteiger charge is 2.21. The molecule has 0 aliphatic heterocycles. The molecule has 2 heteroatoms. The molecule has 0 fully saturated rings. The molecule has 66 valence electrons. The van der Waals surface area contributed by atoms with E-state index in [0.29, 0.717) is 0 Å². The molecule has 0 aliphatic carbocycles. The third kappa shape index (κ3) is 2.46. The molecule has 2 unspecified atom stereocenters. The maximum Gasteiger partial charge on any atom is 0.158 e. The van der Waals surface area contributed by atoms with E-state index in [1.807, 2.05) is 0 Å². The maximum atomic E-state index is 11.1. The molecule has 0 saturated carbocycles. The van der Waals surface area contributed by atoms with Crippen LogP contribution in [0, 0.1) is 11.8 Å². The summed E-state index contributed by atoms with van der Waals surface area (Å²) >= 11 is 0. The van der Waals surface area contributed by atoms with Gasteiger partial charge in [0.05, 0.1) is 0 Å². The van der Waals surface area contributed by atoms with E-state index in [-0.39, 0.29) is 23.4 Å². The quantitative estimate of drug-likeness (QED) is 0.583. The largest absolute Gasteiger partial charge is 0.295 e. The summed E-state index contributed by atoms with van der Waals surface area (Å²) in [5, 5.41) is 0. The van der Waals surface area contributed by atoms with Crippen molar-refractivity contribution in [2.75, 3.05) is 0 Å². The number of ketones is 2. The van der Waals surface area contributed by atoms with Gasteiger partial charge in [-0.3, -0.25) is 9.59 Å². The second-order valence-corrected chi connectivity index (χ2v) is 2.79. The van der Waals surface area contributed by atoms with Crippen molar-refractivity contribution in [1.82, 2.24) is 0 Å². The highest BCUT2D eigenvalue weighted by molar-refractivity contribution is 5.98. The van der Waals surface area contributed by atoms with E-state index in [1.165, 1.54) is 12.2 Å². The minimum atomic E-state index is -0.298. The van der Waals surface area contributed by atoms with Crippen LogP contribution < -0.4 is 0 Å². The molecule has 0 heterocycles. The zero-order chi connectivity index (χ0) is 9.72. The van der Waals surface area contributed by atoms with Crippen molar-refractivity contribution in [3.8, 4) is 0 Å². The Balaban J connectivity index is 4.37. The molecule has 0 aromatic heterocycles. The molecule has 2 nitrogen and oxygen atoms in total. The molecule has 0 amide bonds. The van der Waals surface area contributed by atoms with Crippen LogP contribution in [0.5, 0.6) is 0 Å². The van der Waals surface area contributed by atoms with Gasteiger partial charge in [-0.2, -0.15) is 0 Å². The highest BCUT2D eigenvalue weighted by Crippen LogP contribution is 2.13. The zero-order valence-electron chi connectivity index (χ0n) is 7.54. The predicted molar refractivity (Wildman–Crippen MR) is 48.7 cm³/mol. The summed E-state index contributed by atoms with van der Waals surface area (Å²) in [6, 6.07) is 0. The van der Waals surface area contributed by atoms with E-state index in [0.717, 1.165) is 0 Å². The van der Waals surface area contributed by atoms with Gasteiger partial charge in [0.15, 0.2) is 11.6 Å². The van der Waals surface area contributed by atoms with E-state index in [4.69, 9.17) is 0 Å². The van der Waals surface area contributed by atoms with Crippen LogP contribution >= 0.6 is 0 Å². The summed E-state index contributed by atoms with van der Waals surface area (Å²) in [6.45, 7) is 10.2. The van der Waals surface area contributed by atoms with Gasteiger partial charge in [0.25, 0.3) is 0 Å². The fourth-order valence-electron chi connectivity index (χ4n) is 0.865. The lowest BCUT2D eigenvalue weighted by Gasteiger charge is -2.13. The van der Waals surface area contributed by atoms with Gasteiger partial charge in [-0.25, -0.2) is 0 Å². The van der Waals surface area contributed by atoms with Gasteiger partial charge in [0, 0.05) is 11.8 Å². The predicted octanol–water partition coefficient (Wildman–Crippen LogP) is 1.77. The molecule has 12 heavy (non-hydrogen) atoms. The van der Waals surface area contributed by atoms with Crippen LogP contribution in [0.15, 0.2) is 25.3 Å². The van der Waals surface area contributed by atoms with Crippen molar-refractivity contribution in [2.45, 2.75) is 13.8 Å². The van der Waals surface area contributed by atoms with Crippen molar-refractivity contribution in [1.29, 1.82) is 0 Å². The normalized spacial score (nSPS) is 14.5. The van der Waals surface area contributed by atoms with Crippen molar-refractivity contribution < 1.29 is 9.59 Å². The van der Waals surface area contributed by atoms with Crippen LogP contribution in [0.3, 0.4) is 0 Å². The van der Waals surface area contributed by atoms with E-state index in [9.17, 15) is 9.59 Å². The van der Waals surface area contributed by atoms with Gasteiger partial charge in [-0.05, 0) is 12.2 Å². The van der Waals surface area contributed by atoms with Crippen LogP contribution in [0.25, 0.3) is 0 Å². The lowest BCUT2D eigenvalue weighted by Crippen LogP contribution is -2.22. The Morgan fingerprint density at radius 3 is 1.42 bits per heavy atom. The van der Waals surface area contributed by atoms with Gasteiger partial charge in [-0.1, -0.05) is 27.0 Å². The average Bonchev–Trinajstić information content (AvgIpc) is 2.12. The lowest BCUT2D eigenvalue weighted by atomic mass is 9.88. The Morgan fingerprint density at radius 1 is 1.00 bits per heavy atom. The topological polar surface area (TPSA) is 34.1 Å². The Hall–Kier alpha value is -1.18. The molecule has 0 radical (unpaired) electrons. The number of allylic oxidation sites excluding steroid dienone is 2. The summed E-state index contributed by atoms with van der Waals surface area (Å²) in [7, 11) is 0. The van der Waals surface area contributed by atoms with Crippen LogP contribution in [0.2, 0.25) is 0 Å². The number of hydrogen-bond acceptors (Lipinski definition) is 2. The second kappa shape index (κ2) is 4.65. The molecule has 0 rings (SSSR count). The molecule has 0 aromatic carbocycles. The molecular formula is C10H14O2. The fraction of sp³-hybridized carbons (Fsp3) is 0.400. The zero-order valence-corrected chi connectivity index (χ0v) is 7.54. The van der Waals surface area contributed by atoms with Crippen molar-refractivity contribution in [3.63, 3.8) is 0 Å². The van der Waals surface area contributed by atoms with Gasteiger partial charge in [0.1, 0.15) is 0 Å². The SMILES string of the molecule is C=CC(=O)C(C)C(C)C(=O)C=C. The molecular weight excluding hydrogens is 152 g/mol. The number of rotatable bonds is 5. The molecule has 0 spiro atoms. The van der Waals surface area contributed by atoms with Crippen molar-refractivity contribution in [2.24, 2.45) is 11.8 Å². The van der Waals surface area contributed by atoms with Crippen LogP contribution in [-0.4, -0.2) is 11.6 Å². The first kappa shape index (κ1) is 10.8. The maximum absolute atomic E-state index is 11.1. The molecule has 0 bridgehead atoms. The van der Waals surface area contributed by atoms with Gasteiger partial charge >= 0.3 is 0 Å². The van der Waals surface area contributed by atoms with Crippen molar-refractivity contribution in [3.05, 3.63) is 25.3 Å². The molecule has 0 saturated heterocycles. The Kier molecular flexibility index (Phi) is 4.19. The molecule has 0 N–H and O–H groups in total. The Labute approximate surface area is 73.0 Å². The third-order valence-corrected chi connectivity index (χ3v) is 2.05. The fourth-order valence-corrected chi connectivity index (χ4v) is 0.865. The van der Waals surface area contributed by atoms with Gasteiger partial charge < -0.3 is 0 Å². The molecule has 0 aromatic rings. The minimum absolute atomic E-state index is 0.0994. The average molecular weight is 166 g/mol. The Bertz CT molecular complexity index is 192. The monoisotopic (exact) mass is 166 g/mol. The first-order chi connectivity index (χ1) is 5.54. The van der Waals surface area contributed by atoms with Gasteiger partial charge in [-0.15, -0.1) is 0 Å². The first-order valence-corrected chi connectivity index (χ1v) is 3.87. The summed E-state index contributed by atoms with van der Waals surface area (Å²) in [4.78, 5) is 22.1. The summed E-state index contributed by atoms with van der Waals surface area (Å²) in [5.74, 6) is -0.795. The number of carbonyl (C=O) groups excluding carboxylic acids is 2. The second-order valence-electron chi connectivity index (χ2n) is 2.79.